The van der Waals surface area contributed by atoms with E-state index in [2.05, 4.69) is 30.0 Å². The van der Waals surface area contributed by atoms with Crippen molar-refractivity contribution in [2.45, 2.75) is 44.4 Å². The number of fused-ring (bicyclic) bond motifs is 1. The van der Waals surface area contributed by atoms with Gasteiger partial charge in [-0.15, -0.1) is 0 Å². The minimum absolute atomic E-state index is 0.420. The van der Waals surface area contributed by atoms with Crippen LogP contribution in [0, 0.1) is 0 Å². The normalized spacial score (nSPS) is 20.7. The first-order valence-electron chi connectivity index (χ1n) is 7.37. The standard InChI is InChI=1S/C16H24N2/c1-2-18-11-6-13-12-14(4-5-15(13)18)16(9-10-17)7-3-8-16/h4-5,12H,2-3,6-11,17H2,1H3. The van der Waals surface area contributed by atoms with E-state index >= 15 is 0 Å². The maximum atomic E-state index is 5.81. The molecule has 98 valence electrons. The zero-order chi connectivity index (χ0) is 12.6. The molecule has 0 bridgehead atoms. The molecule has 2 aliphatic rings. The number of hydrogen-bond acceptors (Lipinski definition) is 2. The molecule has 3 rings (SSSR count). The van der Waals surface area contributed by atoms with Crippen LogP contribution in [0.5, 0.6) is 0 Å². The van der Waals surface area contributed by atoms with Crippen LogP contribution in [0.1, 0.15) is 43.7 Å². The Morgan fingerprint density at radius 1 is 1.33 bits per heavy atom. The Labute approximate surface area is 110 Å². The predicted molar refractivity (Wildman–Crippen MR) is 77.2 cm³/mol. The minimum atomic E-state index is 0.420. The SMILES string of the molecule is CCN1CCc2cc(C3(CCN)CCC3)ccc21. The molecule has 0 amide bonds. The lowest BCUT2D eigenvalue weighted by Crippen LogP contribution is -2.36. The van der Waals surface area contributed by atoms with E-state index in [1.165, 1.54) is 37.9 Å². The van der Waals surface area contributed by atoms with E-state index < -0.39 is 0 Å². The highest BCUT2D eigenvalue weighted by Crippen LogP contribution is 2.47. The van der Waals surface area contributed by atoms with Crippen molar-refractivity contribution < 1.29 is 0 Å². The number of benzene rings is 1. The van der Waals surface area contributed by atoms with Crippen molar-refractivity contribution in [2.24, 2.45) is 5.73 Å². The van der Waals surface area contributed by atoms with Gasteiger partial charge in [-0.2, -0.15) is 0 Å². The van der Waals surface area contributed by atoms with Crippen molar-refractivity contribution in [2.75, 3.05) is 24.5 Å². The third kappa shape index (κ3) is 1.74. The summed E-state index contributed by atoms with van der Waals surface area (Å²) in [5.74, 6) is 0. The Balaban J connectivity index is 1.91. The van der Waals surface area contributed by atoms with Crippen LogP contribution in [0.25, 0.3) is 0 Å². The van der Waals surface area contributed by atoms with Crippen molar-refractivity contribution in [3.8, 4) is 0 Å². The van der Waals surface area contributed by atoms with Crippen LogP contribution in [-0.2, 0) is 11.8 Å². The number of anilines is 1. The highest BCUT2D eigenvalue weighted by molar-refractivity contribution is 5.59. The van der Waals surface area contributed by atoms with E-state index in [1.807, 2.05) is 0 Å². The minimum Gasteiger partial charge on any atom is -0.371 e. The quantitative estimate of drug-likeness (QED) is 0.882. The molecule has 0 saturated heterocycles. The lowest BCUT2D eigenvalue weighted by Gasteiger charge is -2.42. The largest absolute Gasteiger partial charge is 0.371 e. The molecule has 1 heterocycles. The summed E-state index contributed by atoms with van der Waals surface area (Å²) in [5, 5.41) is 0. The summed E-state index contributed by atoms with van der Waals surface area (Å²) in [4.78, 5) is 2.48. The van der Waals surface area contributed by atoms with Gasteiger partial charge in [0.2, 0.25) is 0 Å². The molecule has 1 aromatic rings. The third-order valence-corrected chi connectivity index (χ3v) is 5.00. The molecule has 18 heavy (non-hydrogen) atoms. The molecule has 1 fully saturated rings. The first-order chi connectivity index (χ1) is 8.79. The number of nitrogens with zero attached hydrogens (tertiary/aromatic N) is 1. The first-order valence-corrected chi connectivity index (χ1v) is 7.37. The molecule has 1 aromatic carbocycles. The first kappa shape index (κ1) is 12.0. The van der Waals surface area contributed by atoms with Crippen molar-refractivity contribution >= 4 is 5.69 Å². The number of nitrogens with two attached hydrogens (primary N) is 1. The molecular formula is C16H24N2. The third-order valence-electron chi connectivity index (χ3n) is 5.00. The van der Waals surface area contributed by atoms with Gasteiger partial charge in [0.05, 0.1) is 0 Å². The number of rotatable bonds is 4. The molecule has 0 atom stereocenters. The predicted octanol–water partition coefficient (Wildman–Crippen LogP) is 2.84. The summed E-state index contributed by atoms with van der Waals surface area (Å²) in [6.07, 6.45) is 6.41. The van der Waals surface area contributed by atoms with Gasteiger partial charge in [0.15, 0.2) is 0 Å². The maximum absolute atomic E-state index is 5.81. The van der Waals surface area contributed by atoms with Gasteiger partial charge in [-0.1, -0.05) is 18.6 Å². The van der Waals surface area contributed by atoms with Crippen molar-refractivity contribution in [1.82, 2.24) is 0 Å². The van der Waals surface area contributed by atoms with E-state index in [-0.39, 0.29) is 0 Å². The van der Waals surface area contributed by atoms with Crippen LogP contribution < -0.4 is 10.6 Å². The monoisotopic (exact) mass is 244 g/mol. The zero-order valence-electron chi connectivity index (χ0n) is 11.4. The zero-order valence-corrected chi connectivity index (χ0v) is 11.4. The molecule has 0 unspecified atom stereocenters. The van der Waals surface area contributed by atoms with Gasteiger partial charge in [-0.3, -0.25) is 0 Å². The molecule has 1 aliphatic carbocycles. The van der Waals surface area contributed by atoms with Gasteiger partial charge in [0.1, 0.15) is 0 Å². The molecule has 0 spiro atoms. The van der Waals surface area contributed by atoms with E-state index in [0.717, 1.165) is 19.5 Å². The van der Waals surface area contributed by atoms with Gasteiger partial charge < -0.3 is 10.6 Å². The van der Waals surface area contributed by atoms with Gasteiger partial charge in [-0.25, -0.2) is 0 Å². The Morgan fingerprint density at radius 3 is 2.78 bits per heavy atom. The summed E-state index contributed by atoms with van der Waals surface area (Å²) >= 11 is 0. The lowest BCUT2D eigenvalue weighted by atomic mass is 9.62. The molecule has 1 saturated carbocycles. The van der Waals surface area contributed by atoms with Crippen LogP contribution in [0.3, 0.4) is 0 Å². The van der Waals surface area contributed by atoms with Crippen molar-refractivity contribution in [1.29, 1.82) is 0 Å². The molecule has 2 nitrogen and oxygen atoms in total. The summed E-state index contributed by atoms with van der Waals surface area (Å²) in [7, 11) is 0. The van der Waals surface area contributed by atoms with Gasteiger partial charge in [-0.05, 0) is 61.8 Å². The molecule has 1 aliphatic heterocycles. The Morgan fingerprint density at radius 2 is 2.17 bits per heavy atom. The second-order valence-electron chi connectivity index (χ2n) is 5.85. The van der Waals surface area contributed by atoms with E-state index in [1.54, 1.807) is 11.1 Å². The summed E-state index contributed by atoms with van der Waals surface area (Å²) < 4.78 is 0. The Kier molecular flexibility index (Phi) is 3.06. The van der Waals surface area contributed by atoms with Crippen LogP contribution in [0.4, 0.5) is 5.69 Å². The maximum Gasteiger partial charge on any atom is 0.0399 e. The van der Waals surface area contributed by atoms with Crippen LogP contribution >= 0.6 is 0 Å². The Bertz CT molecular complexity index is 435. The second-order valence-corrected chi connectivity index (χ2v) is 5.85. The van der Waals surface area contributed by atoms with Crippen LogP contribution in [-0.4, -0.2) is 19.6 Å². The highest BCUT2D eigenvalue weighted by Gasteiger charge is 2.38. The van der Waals surface area contributed by atoms with Crippen LogP contribution in [0.2, 0.25) is 0 Å². The van der Waals surface area contributed by atoms with E-state index in [4.69, 9.17) is 5.73 Å². The average Bonchev–Trinajstić information content (AvgIpc) is 2.75. The van der Waals surface area contributed by atoms with Crippen LogP contribution in [0.15, 0.2) is 18.2 Å². The Hall–Kier alpha value is -1.02. The number of likely N-dealkylation sites (N-methyl/N-ethyl adjacent to an activating group) is 1. The topological polar surface area (TPSA) is 29.3 Å². The van der Waals surface area contributed by atoms with E-state index in [9.17, 15) is 0 Å². The van der Waals surface area contributed by atoms with Gasteiger partial charge >= 0.3 is 0 Å². The fourth-order valence-corrected chi connectivity index (χ4v) is 3.69. The smallest absolute Gasteiger partial charge is 0.0399 e. The molecular weight excluding hydrogens is 220 g/mol. The summed E-state index contributed by atoms with van der Waals surface area (Å²) in [5.41, 5.74) is 10.8. The lowest BCUT2D eigenvalue weighted by molar-refractivity contribution is 0.229. The highest BCUT2D eigenvalue weighted by atomic mass is 15.1. The second kappa shape index (κ2) is 4.58. The molecule has 2 heteroatoms. The summed E-state index contributed by atoms with van der Waals surface area (Å²) in [6.45, 7) is 5.38. The molecule has 0 aromatic heterocycles. The number of hydrogen-bond donors (Lipinski definition) is 1. The average molecular weight is 244 g/mol. The fraction of sp³-hybridized carbons (Fsp3) is 0.625. The van der Waals surface area contributed by atoms with Gasteiger partial charge in [0.25, 0.3) is 0 Å². The molecule has 2 N–H and O–H groups in total. The summed E-state index contributed by atoms with van der Waals surface area (Å²) in [6, 6.07) is 7.18. The van der Waals surface area contributed by atoms with Crippen molar-refractivity contribution in [3.05, 3.63) is 29.3 Å². The van der Waals surface area contributed by atoms with E-state index in [0.29, 0.717) is 5.41 Å². The molecule has 0 radical (unpaired) electrons. The fourth-order valence-electron chi connectivity index (χ4n) is 3.69. The van der Waals surface area contributed by atoms with Gasteiger partial charge in [0, 0.05) is 18.8 Å². The van der Waals surface area contributed by atoms with Crippen molar-refractivity contribution in [3.63, 3.8) is 0 Å².